The molecule has 1 aromatic carbocycles. The number of hydrogen-bond donors (Lipinski definition) is 1. The molecular weight excluding hydrogens is 244 g/mol. The van der Waals surface area contributed by atoms with Gasteiger partial charge in [-0.3, -0.25) is 4.90 Å². The summed E-state index contributed by atoms with van der Waals surface area (Å²) in [6, 6.07) is 11.3. The predicted molar refractivity (Wildman–Crippen MR) is 89.2 cm³/mol. The molecule has 2 heteroatoms. The molecule has 0 saturated heterocycles. The van der Waals surface area contributed by atoms with Crippen LogP contribution in [0.5, 0.6) is 0 Å². The molecule has 0 spiro atoms. The van der Waals surface area contributed by atoms with E-state index < -0.39 is 0 Å². The Hall–Kier alpha value is -0.860. The lowest BCUT2D eigenvalue weighted by Gasteiger charge is -2.44. The molecule has 0 amide bonds. The molecule has 1 rings (SSSR count). The summed E-state index contributed by atoms with van der Waals surface area (Å²) in [5.74, 6) is 0. The average molecular weight is 276 g/mol. The minimum atomic E-state index is 0.189. The summed E-state index contributed by atoms with van der Waals surface area (Å²) in [6.45, 7) is 14.7. The van der Waals surface area contributed by atoms with Gasteiger partial charge in [0.25, 0.3) is 0 Å². The van der Waals surface area contributed by atoms with Crippen molar-refractivity contribution in [2.24, 2.45) is 0 Å². The van der Waals surface area contributed by atoms with Crippen LogP contribution in [0, 0.1) is 0 Å². The molecule has 0 heterocycles. The molecule has 0 saturated carbocycles. The molecule has 1 N–H and O–H groups in total. The highest BCUT2D eigenvalue weighted by Crippen LogP contribution is 2.22. The molecule has 0 aliphatic rings. The smallest absolute Gasteiger partial charge is 0.0306 e. The van der Waals surface area contributed by atoms with Crippen LogP contribution >= 0.6 is 0 Å². The van der Waals surface area contributed by atoms with Crippen molar-refractivity contribution >= 4 is 0 Å². The third-order valence-electron chi connectivity index (χ3n) is 4.45. The molecule has 0 radical (unpaired) electrons. The van der Waals surface area contributed by atoms with Crippen LogP contribution in [-0.2, 0) is 6.42 Å². The van der Waals surface area contributed by atoms with Crippen LogP contribution in [0.1, 0.15) is 46.6 Å². The minimum absolute atomic E-state index is 0.189. The maximum Gasteiger partial charge on any atom is 0.0306 e. The van der Waals surface area contributed by atoms with E-state index in [2.05, 4.69) is 75.2 Å². The van der Waals surface area contributed by atoms with Crippen LogP contribution in [-0.4, -0.2) is 36.1 Å². The van der Waals surface area contributed by atoms with Crippen LogP contribution in [0.3, 0.4) is 0 Å². The molecule has 1 unspecified atom stereocenters. The fourth-order valence-electron chi connectivity index (χ4n) is 3.17. The molecular formula is C18H32N2. The molecule has 0 aliphatic carbocycles. The number of hydrogen-bond acceptors (Lipinski definition) is 2. The number of nitrogens with zero attached hydrogens (tertiary/aromatic N) is 1. The van der Waals surface area contributed by atoms with Gasteiger partial charge in [-0.05, 0) is 51.9 Å². The first kappa shape index (κ1) is 17.2. The third kappa shape index (κ3) is 4.60. The lowest BCUT2D eigenvalue weighted by Crippen LogP contribution is -2.57. The van der Waals surface area contributed by atoms with E-state index >= 15 is 0 Å². The largest absolute Gasteiger partial charge is 0.312 e. The quantitative estimate of drug-likeness (QED) is 0.739. The van der Waals surface area contributed by atoms with Crippen molar-refractivity contribution in [3.63, 3.8) is 0 Å². The Kier molecular flexibility index (Phi) is 7.25. The summed E-state index contributed by atoms with van der Waals surface area (Å²) in [6.07, 6.45) is 2.32. The second-order valence-corrected chi connectivity index (χ2v) is 5.96. The first-order valence-corrected chi connectivity index (χ1v) is 8.08. The zero-order valence-electron chi connectivity index (χ0n) is 13.9. The van der Waals surface area contributed by atoms with E-state index in [0.29, 0.717) is 6.04 Å². The fraction of sp³-hybridized carbons (Fsp3) is 0.667. The van der Waals surface area contributed by atoms with Gasteiger partial charge in [0.15, 0.2) is 0 Å². The molecule has 114 valence electrons. The first-order chi connectivity index (χ1) is 9.56. The Bertz CT molecular complexity index is 355. The van der Waals surface area contributed by atoms with Gasteiger partial charge in [-0.25, -0.2) is 0 Å². The summed E-state index contributed by atoms with van der Waals surface area (Å²) in [5, 5.41) is 3.70. The highest BCUT2D eigenvalue weighted by atomic mass is 15.2. The van der Waals surface area contributed by atoms with Crippen LogP contribution in [0.25, 0.3) is 0 Å². The van der Waals surface area contributed by atoms with Crippen LogP contribution in [0.15, 0.2) is 30.3 Å². The molecule has 1 aromatic rings. The van der Waals surface area contributed by atoms with Gasteiger partial charge >= 0.3 is 0 Å². The van der Waals surface area contributed by atoms with Crippen LogP contribution in [0.2, 0.25) is 0 Å². The summed E-state index contributed by atoms with van der Waals surface area (Å²) >= 11 is 0. The van der Waals surface area contributed by atoms with Crippen molar-refractivity contribution in [3.8, 4) is 0 Å². The highest BCUT2D eigenvalue weighted by molar-refractivity contribution is 5.15. The lowest BCUT2D eigenvalue weighted by molar-refractivity contribution is 0.0883. The van der Waals surface area contributed by atoms with E-state index in [4.69, 9.17) is 0 Å². The number of benzene rings is 1. The van der Waals surface area contributed by atoms with Crippen LogP contribution < -0.4 is 5.32 Å². The topological polar surface area (TPSA) is 15.3 Å². The summed E-state index contributed by atoms with van der Waals surface area (Å²) < 4.78 is 0. The van der Waals surface area contributed by atoms with E-state index in [9.17, 15) is 0 Å². The summed E-state index contributed by atoms with van der Waals surface area (Å²) in [4.78, 5) is 2.56. The summed E-state index contributed by atoms with van der Waals surface area (Å²) in [5.41, 5.74) is 1.62. The monoisotopic (exact) mass is 276 g/mol. The van der Waals surface area contributed by atoms with Gasteiger partial charge in [0.05, 0.1) is 0 Å². The second-order valence-electron chi connectivity index (χ2n) is 5.96. The van der Waals surface area contributed by atoms with Gasteiger partial charge in [0.1, 0.15) is 0 Å². The standard InChI is InChI=1S/C18H32N2/c1-6-19-17(18(4,5)20(7-2)8-3)15-14-16-12-10-9-11-13-16/h9-13,17,19H,6-8,14-15H2,1-5H3. The molecule has 0 aliphatic heterocycles. The molecule has 2 nitrogen and oxygen atoms in total. The highest BCUT2D eigenvalue weighted by Gasteiger charge is 2.32. The van der Waals surface area contributed by atoms with Crippen molar-refractivity contribution in [2.75, 3.05) is 19.6 Å². The Morgan fingerprint density at radius 3 is 2.15 bits per heavy atom. The van der Waals surface area contributed by atoms with Crippen molar-refractivity contribution < 1.29 is 0 Å². The average Bonchev–Trinajstić information content (AvgIpc) is 2.45. The zero-order valence-corrected chi connectivity index (χ0v) is 13.9. The zero-order chi connectivity index (χ0) is 15.0. The summed E-state index contributed by atoms with van der Waals surface area (Å²) in [7, 11) is 0. The molecule has 0 fully saturated rings. The van der Waals surface area contributed by atoms with Crippen molar-refractivity contribution in [1.82, 2.24) is 10.2 Å². The van der Waals surface area contributed by atoms with Crippen LogP contribution in [0.4, 0.5) is 0 Å². The molecule has 0 bridgehead atoms. The van der Waals surface area contributed by atoms with E-state index in [0.717, 1.165) is 26.1 Å². The number of aryl methyl sites for hydroxylation is 1. The van der Waals surface area contributed by atoms with Gasteiger partial charge in [0, 0.05) is 11.6 Å². The fourth-order valence-corrected chi connectivity index (χ4v) is 3.17. The molecule has 1 atom stereocenters. The van der Waals surface area contributed by atoms with Gasteiger partial charge < -0.3 is 5.32 Å². The number of rotatable bonds is 9. The Morgan fingerprint density at radius 1 is 1.05 bits per heavy atom. The minimum Gasteiger partial charge on any atom is -0.312 e. The first-order valence-electron chi connectivity index (χ1n) is 8.08. The molecule has 20 heavy (non-hydrogen) atoms. The SMILES string of the molecule is CCNC(CCc1ccccc1)C(C)(C)N(CC)CC. The van der Waals surface area contributed by atoms with E-state index in [1.54, 1.807) is 0 Å². The third-order valence-corrected chi connectivity index (χ3v) is 4.45. The van der Waals surface area contributed by atoms with Gasteiger partial charge in [0.2, 0.25) is 0 Å². The van der Waals surface area contributed by atoms with Crippen molar-refractivity contribution in [2.45, 2.75) is 59.0 Å². The maximum absolute atomic E-state index is 3.70. The Balaban J connectivity index is 2.72. The predicted octanol–water partition coefficient (Wildman–Crippen LogP) is 3.72. The molecule has 0 aromatic heterocycles. The lowest BCUT2D eigenvalue weighted by atomic mass is 9.87. The van der Waals surface area contributed by atoms with E-state index in [1.165, 1.54) is 12.0 Å². The van der Waals surface area contributed by atoms with Gasteiger partial charge in [-0.1, -0.05) is 51.1 Å². The number of likely N-dealkylation sites (N-methyl/N-ethyl adjacent to an activating group) is 2. The van der Waals surface area contributed by atoms with Crippen molar-refractivity contribution in [3.05, 3.63) is 35.9 Å². The van der Waals surface area contributed by atoms with E-state index in [1.807, 2.05) is 0 Å². The maximum atomic E-state index is 3.70. The van der Waals surface area contributed by atoms with Gasteiger partial charge in [-0.15, -0.1) is 0 Å². The number of nitrogens with one attached hydrogen (secondary N) is 1. The second kappa shape index (κ2) is 8.43. The Labute approximate surface area is 125 Å². The van der Waals surface area contributed by atoms with Gasteiger partial charge in [-0.2, -0.15) is 0 Å². The Morgan fingerprint density at radius 2 is 1.65 bits per heavy atom. The van der Waals surface area contributed by atoms with E-state index in [-0.39, 0.29) is 5.54 Å². The normalized spacial score (nSPS) is 13.7. The van der Waals surface area contributed by atoms with Crippen molar-refractivity contribution in [1.29, 1.82) is 0 Å².